The minimum absolute atomic E-state index is 0.0692. The van der Waals surface area contributed by atoms with Crippen LogP contribution < -0.4 is 14.8 Å². The highest BCUT2D eigenvalue weighted by Gasteiger charge is 2.47. The summed E-state index contributed by atoms with van der Waals surface area (Å²) in [4.78, 5) is 27.5. The van der Waals surface area contributed by atoms with Crippen LogP contribution in [0.3, 0.4) is 0 Å². The van der Waals surface area contributed by atoms with Gasteiger partial charge in [-0.05, 0) is 67.4 Å². The van der Waals surface area contributed by atoms with Crippen LogP contribution in [0.1, 0.15) is 29.7 Å². The van der Waals surface area contributed by atoms with Gasteiger partial charge in [0.1, 0.15) is 11.5 Å². The van der Waals surface area contributed by atoms with Gasteiger partial charge >= 0.3 is 0 Å². The Hall–Kier alpha value is -3.95. The van der Waals surface area contributed by atoms with Crippen LogP contribution in [-0.2, 0) is 19.6 Å². The molecule has 9 heteroatoms. The number of sulfonamides is 1. The fraction of sp³-hybridized carbons (Fsp3) is 0.154. The van der Waals surface area contributed by atoms with E-state index in [0.29, 0.717) is 23.5 Å². The number of carbonyl (C=O) groups excluding carboxylic acids is 2. The standard InChI is InChI=1S/C26H24N2O6S/c1-3-34-21-14-9-18(15-16(21)2)24(29)22-23(17-7-5-4-6-8-17)28(26(31)25(22)30)19-10-12-20(13-11-19)35(27,32)33/h4-15,23,29H,3H2,1-2H3,(H2,27,32,33)/b24-22+. The number of nitrogens with zero attached hydrogens (tertiary/aromatic N) is 1. The van der Waals surface area contributed by atoms with Crippen LogP contribution in [0.15, 0.2) is 83.3 Å². The van der Waals surface area contributed by atoms with Gasteiger partial charge < -0.3 is 9.84 Å². The number of primary sulfonamides is 1. The quantitative estimate of drug-likeness (QED) is 0.307. The molecule has 1 heterocycles. The highest BCUT2D eigenvalue weighted by molar-refractivity contribution is 7.89. The monoisotopic (exact) mass is 492 g/mol. The largest absolute Gasteiger partial charge is 0.507 e. The lowest BCUT2D eigenvalue weighted by Crippen LogP contribution is -2.29. The lowest BCUT2D eigenvalue weighted by atomic mass is 9.94. The zero-order valence-corrected chi connectivity index (χ0v) is 20.0. The van der Waals surface area contributed by atoms with E-state index >= 15 is 0 Å². The molecule has 0 radical (unpaired) electrons. The Kier molecular flexibility index (Phi) is 6.47. The maximum absolute atomic E-state index is 13.2. The normalized spacial score (nSPS) is 17.6. The van der Waals surface area contributed by atoms with E-state index < -0.39 is 27.8 Å². The van der Waals surface area contributed by atoms with Crippen LogP contribution in [0.4, 0.5) is 5.69 Å². The smallest absolute Gasteiger partial charge is 0.300 e. The molecule has 3 aromatic carbocycles. The van der Waals surface area contributed by atoms with E-state index in [1.54, 1.807) is 48.5 Å². The second-order valence-electron chi connectivity index (χ2n) is 8.03. The number of ketones is 1. The Balaban J connectivity index is 1.88. The van der Waals surface area contributed by atoms with Crippen molar-refractivity contribution in [3.63, 3.8) is 0 Å². The minimum Gasteiger partial charge on any atom is -0.507 e. The van der Waals surface area contributed by atoms with Gasteiger partial charge in [-0.15, -0.1) is 0 Å². The molecule has 3 N–H and O–H groups in total. The molecule has 1 aliphatic rings. The third-order valence-corrected chi connectivity index (χ3v) is 6.68. The van der Waals surface area contributed by atoms with Gasteiger partial charge in [0.05, 0.1) is 23.1 Å². The van der Waals surface area contributed by atoms with E-state index in [2.05, 4.69) is 0 Å². The highest BCUT2D eigenvalue weighted by atomic mass is 32.2. The fourth-order valence-electron chi connectivity index (χ4n) is 4.12. The Morgan fingerprint density at radius 2 is 1.69 bits per heavy atom. The molecule has 0 bridgehead atoms. The number of ether oxygens (including phenoxy) is 1. The molecule has 0 aromatic heterocycles. The first-order chi connectivity index (χ1) is 16.6. The Bertz CT molecular complexity index is 1430. The van der Waals surface area contributed by atoms with Crippen molar-refractivity contribution in [3.05, 3.63) is 95.1 Å². The molecule has 1 aliphatic heterocycles. The van der Waals surface area contributed by atoms with Crippen molar-refractivity contribution in [3.8, 4) is 5.75 Å². The molecule has 1 saturated heterocycles. The van der Waals surface area contributed by atoms with E-state index in [-0.39, 0.29) is 21.9 Å². The van der Waals surface area contributed by atoms with Gasteiger partial charge in [-0.25, -0.2) is 13.6 Å². The van der Waals surface area contributed by atoms with E-state index in [9.17, 15) is 23.1 Å². The second kappa shape index (κ2) is 9.36. The number of hydrogen-bond donors (Lipinski definition) is 2. The number of aryl methyl sites for hydroxylation is 1. The second-order valence-corrected chi connectivity index (χ2v) is 9.59. The average Bonchev–Trinajstić information content (AvgIpc) is 3.10. The summed E-state index contributed by atoms with van der Waals surface area (Å²) >= 11 is 0. The molecule has 180 valence electrons. The van der Waals surface area contributed by atoms with Crippen molar-refractivity contribution < 1.29 is 27.9 Å². The van der Waals surface area contributed by atoms with Crippen LogP contribution in [0, 0.1) is 6.92 Å². The Morgan fingerprint density at radius 3 is 2.26 bits per heavy atom. The Morgan fingerprint density at radius 1 is 1.03 bits per heavy atom. The van der Waals surface area contributed by atoms with Crippen LogP contribution in [-0.4, -0.2) is 31.8 Å². The summed E-state index contributed by atoms with van der Waals surface area (Å²) < 4.78 is 28.9. The first-order valence-corrected chi connectivity index (χ1v) is 12.4. The Labute approximate surface area is 203 Å². The predicted molar refractivity (Wildman–Crippen MR) is 131 cm³/mol. The fourth-order valence-corrected chi connectivity index (χ4v) is 4.63. The van der Waals surface area contributed by atoms with Crippen LogP contribution in [0.25, 0.3) is 5.76 Å². The molecule has 8 nitrogen and oxygen atoms in total. The predicted octanol–water partition coefficient (Wildman–Crippen LogP) is 3.67. The molecular formula is C26H24N2O6S. The van der Waals surface area contributed by atoms with Crippen molar-refractivity contribution in [2.75, 3.05) is 11.5 Å². The summed E-state index contributed by atoms with van der Waals surface area (Å²) in [6.07, 6.45) is 0. The summed E-state index contributed by atoms with van der Waals surface area (Å²) in [6.45, 7) is 4.17. The number of nitrogens with two attached hydrogens (primary N) is 1. The maximum atomic E-state index is 13.2. The van der Waals surface area contributed by atoms with E-state index in [4.69, 9.17) is 9.88 Å². The van der Waals surface area contributed by atoms with Gasteiger partial charge in [-0.1, -0.05) is 30.3 Å². The molecule has 1 atom stereocenters. The van der Waals surface area contributed by atoms with Crippen molar-refractivity contribution in [1.82, 2.24) is 0 Å². The molecule has 1 unspecified atom stereocenters. The van der Waals surface area contributed by atoms with Crippen molar-refractivity contribution >= 4 is 33.2 Å². The summed E-state index contributed by atoms with van der Waals surface area (Å²) in [7, 11) is -3.94. The van der Waals surface area contributed by atoms with E-state index in [0.717, 1.165) is 5.56 Å². The minimum atomic E-state index is -3.94. The van der Waals surface area contributed by atoms with Crippen LogP contribution in [0.2, 0.25) is 0 Å². The summed E-state index contributed by atoms with van der Waals surface area (Å²) in [5.41, 5.74) is 1.96. The first kappa shape index (κ1) is 24.2. The molecule has 4 rings (SSSR count). The highest BCUT2D eigenvalue weighted by Crippen LogP contribution is 2.42. The summed E-state index contributed by atoms with van der Waals surface area (Å²) in [5.74, 6) is -1.35. The molecule has 3 aromatic rings. The molecule has 0 saturated carbocycles. The van der Waals surface area contributed by atoms with Crippen LogP contribution in [0.5, 0.6) is 5.75 Å². The van der Waals surface area contributed by atoms with Gasteiger partial charge in [-0.3, -0.25) is 14.5 Å². The molecule has 0 spiro atoms. The lowest BCUT2D eigenvalue weighted by Gasteiger charge is -2.25. The third kappa shape index (κ3) is 4.55. The van der Waals surface area contributed by atoms with Gasteiger partial charge in [0.15, 0.2) is 0 Å². The van der Waals surface area contributed by atoms with Crippen molar-refractivity contribution in [2.24, 2.45) is 5.14 Å². The molecule has 1 amide bonds. The molecule has 1 fully saturated rings. The van der Waals surface area contributed by atoms with E-state index in [1.807, 2.05) is 13.8 Å². The summed E-state index contributed by atoms with van der Waals surface area (Å²) in [6, 6.07) is 18.3. The van der Waals surface area contributed by atoms with Crippen molar-refractivity contribution in [2.45, 2.75) is 24.8 Å². The maximum Gasteiger partial charge on any atom is 0.300 e. The average molecular weight is 493 g/mol. The molecule has 35 heavy (non-hydrogen) atoms. The van der Waals surface area contributed by atoms with Gasteiger partial charge in [0.2, 0.25) is 10.0 Å². The van der Waals surface area contributed by atoms with E-state index in [1.165, 1.54) is 29.2 Å². The zero-order chi connectivity index (χ0) is 25.3. The summed E-state index contributed by atoms with van der Waals surface area (Å²) in [5, 5.41) is 16.4. The number of carbonyl (C=O) groups is 2. The van der Waals surface area contributed by atoms with Gasteiger partial charge in [0, 0.05) is 11.3 Å². The molecule has 0 aliphatic carbocycles. The first-order valence-electron chi connectivity index (χ1n) is 10.9. The van der Waals surface area contributed by atoms with Crippen LogP contribution >= 0.6 is 0 Å². The van der Waals surface area contributed by atoms with Gasteiger partial charge in [0.25, 0.3) is 11.7 Å². The third-order valence-electron chi connectivity index (χ3n) is 5.75. The number of aliphatic hydroxyl groups is 1. The SMILES string of the molecule is CCOc1ccc(/C(O)=C2\C(=O)C(=O)N(c3ccc(S(N)(=O)=O)cc3)C2c2ccccc2)cc1C. The lowest BCUT2D eigenvalue weighted by molar-refractivity contribution is -0.132. The van der Waals surface area contributed by atoms with Crippen molar-refractivity contribution in [1.29, 1.82) is 0 Å². The van der Waals surface area contributed by atoms with Gasteiger partial charge in [-0.2, -0.15) is 0 Å². The topological polar surface area (TPSA) is 127 Å². The number of amides is 1. The number of aliphatic hydroxyl groups excluding tert-OH is 1. The zero-order valence-electron chi connectivity index (χ0n) is 19.1. The molecular weight excluding hydrogens is 468 g/mol. The number of anilines is 1. The number of hydrogen-bond acceptors (Lipinski definition) is 6. The number of rotatable bonds is 6. The number of Topliss-reactive ketones (excluding diaryl/α,β-unsaturated/α-hetero) is 1. The number of benzene rings is 3.